The van der Waals surface area contributed by atoms with E-state index < -0.39 is 0 Å². The maximum atomic E-state index is 12.6. The summed E-state index contributed by atoms with van der Waals surface area (Å²) in [5.41, 5.74) is 3.87. The molecule has 0 saturated carbocycles. The van der Waals surface area contributed by atoms with E-state index in [-0.39, 0.29) is 24.3 Å². The normalized spacial score (nSPS) is 21.1. The molecule has 1 unspecified atom stereocenters. The van der Waals surface area contributed by atoms with E-state index >= 15 is 0 Å². The first kappa shape index (κ1) is 17.9. The molecule has 2 aliphatic rings. The van der Waals surface area contributed by atoms with Crippen molar-refractivity contribution in [1.29, 1.82) is 0 Å². The number of nitrogens with one attached hydrogen (secondary N) is 1. The van der Waals surface area contributed by atoms with Gasteiger partial charge in [0.15, 0.2) is 0 Å². The molecule has 1 atom stereocenters. The average Bonchev–Trinajstić information content (AvgIpc) is 2.95. The Kier molecular flexibility index (Phi) is 5.39. The fraction of sp³-hybridized carbons (Fsp3) is 0.579. The Morgan fingerprint density at radius 3 is 2.84 bits per heavy atom. The molecule has 6 heteroatoms. The van der Waals surface area contributed by atoms with Crippen LogP contribution in [0.1, 0.15) is 30.0 Å². The Bertz CT molecular complexity index is 661. The Labute approximate surface area is 149 Å². The van der Waals surface area contributed by atoms with Gasteiger partial charge in [-0.1, -0.05) is 25.1 Å². The second-order valence-corrected chi connectivity index (χ2v) is 7.16. The van der Waals surface area contributed by atoms with Gasteiger partial charge in [-0.25, -0.2) is 0 Å². The summed E-state index contributed by atoms with van der Waals surface area (Å²) >= 11 is 0. The van der Waals surface area contributed by atoms with Gasteiger partial charge in [-0.2, -0.15) is 0 Å². The Morgan fingerprint density at radius 2 is 2.08 bits per heavy atom. The van der Waals surface area contributed by atoms with Crippen molar-refractivity contribution in [1.82, 2.24) is 20.0 Å². The topological polar surface area (TPSA) is 55.9 Å². The van der Waals surface area contributed by atoms with E-state index in [1.54, 1.807) is 4.90 Å². The summed E-state index contributed by atoms with van der Waals surface area (Å²) in [6, 6.07) is 6.13. The zero-order valence-electron chi connectivity index (χ0n) is 15.4. The van der Waals surface area contributed by atoms with Gasteiger partial charge in [0, 0.05) is 39.8 Å². The maximum Gasteiger partial charge on any atom is 0.237 e. The highest BCUT2D eigenvalue weighted by Gasteiger charge is 2.31. The molecule has 0 aromatic heterocycles. The molecular formula is C19H28N4O2. The second kappa shape index (κ2) is 7.54. The fourth-order valence-electron chi connectivity index (χ4n) is 3.76. The summed E-state index contributed by atoms with van der Waals surface area (Å²) in [7, 11) is 3.93. The minimum absolute atomic E-state index is 0.0121. The molecule has 1 saturated heterocycles. The van der Waals surface area contributed by atoms with Crippen LogP contribution in [0, 0.1) is 0 Å². The van der Waals surface area contributed by atoms with Gasteiger partial charge in [0.05, 0.1) is 12.5 Å². The number of fused-ring (bicyclic) bond motifs is 1. The number of hydrogen-bond donors (Lipinski definition) is 1. The van der Waals surface area contributed by atoms with E-state index in [4.69, 9.17) is 0 Å². The largest absolute Gasteiger partial charge is 0.353 e. The van der Waals surface area contributed by atoms with Crippen LogP contribution in [-0.2, 0) is 29.2 Å². The fourth-order valence-corrected chi connectivity index (χ4v) is 3.76. The predicted octanol–water partition coefficient (Wildman–Crippen LogP) is 0.801. The summed E-state index contributed by atoms with van der Waals surface area (Å²) < 4.78 is 0. The molecule has 2 aliphatic heterocycles. The Morgan fingerprint density at radius 1 is 1.32 bits per heavy atom. The predicted molar refractivity (Wildman–Crippen MR) is 96.7 cm³/mol. The van der Waals surface area contributed by atoms with Gasteiger partial charge in [0.25, 0.3) is 0 Å². The van der Waals surface area contributed by atoms with Crippen LogP contribution in [0.15, 0.2) is 18.2 Å². The van der Waals surface area contributed by atoms with Crippen molar-refractivity contribution in [3.63, 3.8) is 0 Å². The molecule has 3 rings (SSSR count). The third kappa shape index (κ3) is 4.02. The molecule has 1 N–H and O–H groups in total. The van der Waals surface area contributed by atoms with Crippen LogP contribution < -0.4 is 5.32 Å². The molecule has 6 nitrogen and oxygen atoms in total. The smallest absolute Gasteiger partial charge is 0.237 e. The number of amides is 2. The number of likely N-dealkylation sites (N-methyl/N-ethyl adjacent to an activating group) is 1. The summed E-state index contributed by atoms with van der Waals surface area (Å²) in [6.45, 7) is 6.83. The van der Waals surface area contributed by atoms with Crippen molar-refractivity contribution in [2.24, 2.45) is 0 Å². The van der Waals surface area contributed by atoms with Crippen LogP contribution in [0.3, 0.4) is 0 Å². The van der Waals surface area contributed by atoms with Crippen LogP contribution in [-0.4, -0.2) is 66.3 Å². The molecule has 0 bridgehead atoms. The quantitative estimate of drug-likeness (QED) is 0.859. The van der Waals surface area contributed by atoms with E-state index in [0.29, 0.717) is 13.1 Å². The zero-order valence-corrected chi connectivity index (χ0v) is 15.4. The van der Waals surface area contributed by atoms with Crippen LogP contribution in [0.4, 0.5) is 0 Å². The van der Waals surface area contributed by atoms with Gasteiger partial charge in [-0.3, -0.25) is 19.4 Å². The van der Waals surface area contributed by atoms with Crippen molar-refractivity contribution in [2.45, 2.75) is 39.0 Å². The molecule has 0 aliphatic carbocycles. The SMILES string of the molecule is CCN1CCNC(=O)C1CC(=O)N(C)Cc1ccc2c(c1)CN(C)C2. The third-order valence-electron chi connectivity index (χ3n) is 5.21. The van der Waals surface area contributed by atoms with E-state index in [1.807, 2.05) is 14.0 Å². The molecule has 0 radical (unpaired) electrons. The lowest BCUT2D eigenvalue weighted by Gasteiger charge is -2.34. The standard InChI is InChI=1S/C19H28N4O2/c1-4-23-8-7-20-19(25)17(23)10-18(24)22(3)11-14-5-6-15-12-21(2)13-16(15)9-14/h5-6,9,17H,4,7-8,10-13H2,1-3H3,(H,20,25). The number of piperazine rings is 1. The van der Waals surface area contributed by atoms with Gasteiger partial charge in [0.1, 0.15) is 0 Å². The Balaban J connectivity index is 1.61. The van der Waals surface area contributed by atoms with Crippen LogP contribution in [0.5, 0.6) is 0 Å². The number of hydrogen-bond acceptors (Lipinski definition) is 4. The third-order valence-corrected chi connectivity index (χ3v) is 5.21. The number of benzene rings is 1. The monoisotopic (exact) mass is 344 g/mol. The summed E-state index contributed by atoms with van der Waals surface area (Å²) in [5.74, 6) is -0.0199. The average molecular weight is 344 g/mol. The lowest BCUT2D eigenvalue weighted by molar-refractivity contribution is -0.138. The number of carbonyl (C=O) groups excluding carboxylic acids is 2. The van der Waals surface area contributed by atoms with Gasteiger partial charge in [-0.15, -0.1) is 0 Å². The lowest BCUT2D eigenvalue weighted by Crippen LogP contribution is -2.56. The molecule has 0 spiro atoms. The van der Waals surface area contributed by atoms with E-state index in [2.05, 4.69) is 40.4 Å². The summed E-state index contributed by atoms with van der Waals surface area (Å²) in [6.07, 6.45) is 0.240. The molecule has 25 heavy (non-hydrogen) atoms. The van der Waals surface area contributed by atoms with E-state index in [1.165, 1.54) is 11.1 Å². The highest BCUT2D eigenvalue weighted by molar-refractivity contribution is 5.88. The van der Waals surface area contributed by atoms with Crippen molar-refractivity contribution in [2.75, 3.05) is 33.7 Å². The van der Waals surface area contributed by atoms with Crippen molar-refractivity contribution >= 4 is 11.8 Å². The second-order valence-electron chi connectivity index (χ2n) is 7.16. The zero-order chi connectivity index (χ0) is 18.0. The molecule has 1 fully saturated rings. The minimum Gasteiger partial charge on any atom is -0.353 e. The van der Waals surface area contributed by atoms with E-state index in [0.717, 1.165) is 31.7 Å². The van der Waals surface area contributed by atoms with Gasteiger partial charge in [-0.05, 0) is 30.3 Å². The van der Waals surface area contributed by atoms with Crippen LogP contribution in [0.25, 0.3) is 0 Å². The highest BCUT2D eigenvalue weighted by atomic mass is 16.2. The van der Waals surface area contributed by atoms with Crippen molar-refractivity contribution in [3.05, 3.63) is 34.9 Å². The lowest BCUT2D eigenvalue weighted by atomic mass is 10.1. The van der Waals surface area contributed by atoms with Gasteiger partial charge in [0.2, 0.25) is 11.8 Å². The van der Waals surface area contributed by atoms with Crippen molar-refractivity contribution < 1.29 is 9.59 Å². The molecule has 2 amide bonds. The molecule has 136 valence electrons. The molecule has 1 aromatic carbocycles. The molecule has 2 heterocycles. The van der Waals surface area contributed by atoms with Crippen LogP contribution in [0.2, 0.25) is 0 Å². The highest BCUT2D eigenvalue weighted by Crippen LogP contribution is 2.23. The van der Waals surface area contributed by atoms with Crippen LogP contribution >= 0.6 is 0 Å². The van der Waals surface area contributed by atoms with Gasteiger partial charge < -0.3 is 10.2 Å². The van der Waals surface area contributed by atoms with Crippen molar-refractivity contribution in [3.8, 4) is 0 Å². The number of nitrogens with zero attached hydrogens (tertiary/aromatic N) is 3. The molecule has 1 aromatic rings. The minimum atomic E-state index is -0.345. The first-order valence-electron chi connectivity index (χ1n) is 9.03. The molecular weight excluding hydrogens is 316 g/mol. The summed E-state index contributed by atoms with van der Waals surface area (Å²) in [5, 5.41) is 2.87. The summed E-state index contributed by atoms with van der Waals surface area (Å²) in [4.78, 5) is 30.8. The number of rotatable bonds is 5. The van der Waals surface area contributed by atoms with Gasteiger partial charge >= 0.3 is 0 Å². The number of carbonyl (C=O) groups is 2. The maximum absolute atomic E-state index is 12.6. The first-order valence-corrected chi connectivity index (χ1v) is 9.03. The first-order chi connectivity index (χ1) is 12.0. The Hall–Kier alpha value is -1.92. The van der Waals surface area contributed by atoms with E-state index in [9.17, 15) is 9.59 Å².